The number of ether oxygens (including phenoxy) is 2. The average molecular weight is 528 g/mol. The summed E-state index contributed by atoms with van der Waals surface area (Å²) < 4.78 is 12.4. The predicted molar refractivity (Wildman–Crippen MR) is 132 cm³/mol. The van der Waals surface area contributed by atoms with Gasteiger partial charge in [0.15, 0.2) is 11.5 Å². The van der Waals surface area contributed by atoms with E-state index in [9.17, 15) is 4.79 Å². The van der Waals surface area contributed by atoms with Crippen LogP contribution in [0.3, 0.4) is 0 Å². The van der Waals surface area contributed by atoms with Gasteiger partial charge in [0.05, 0.1) is 23.3 Å². The normalized spacial score (nSPS) is 10.8. The molecule has 0 aliphatic heterocycles. The molecule has 3 rings (SSSR count). The van der Waals surface area contributed by atoms with Crippen LogP contribution in [0.25, 0.3) is 0 Å². The Bertz CT molecular complexity index is 1030. The molecular weight excluding hydrogens is 503 g/mol. The van der Waals surface area contributed by atoms with E-state index in [-0.39, 0.29) is 12.3 Å². The summed E-state index contributed by atoms with van der Waals surface area (Å²) in [7, 11) is 1.60. The number of halogens is 1. The minimum atomic E-state index is -0.162. The molecule has 31 heavy (non-hydrogen) atoms. The molecule has 1 amide bonds. The van der Waals surface area contributed by atoms with Crippen molar-refractivity contribution in [2.24, 2.45) is 5.10 Å². The average Bonchev–Trinajstić information content (AvgIpc) is 2.79. The van der Waals surface area contributed by atoms with Gasteiger partial charge in [-0.1, -0.05) is 61.5 Å². The summed E-state index contributed by atoms with van der Waals surface area (Å²) in [6, 6.07) is 21.8. The number of hydrogen-bond acceptors (Lipinski definition) is 4. The molecule has 1 N–H and O–H groups in total. The number of carbonyl (C=O) groups excluding carboxylic acids is 1. The first-order valence-corrected chi connectivity index (χ1v) is 11.1. The lowest BCUT2D eigenvalue weighted by molar-refractivity contribution is -0.120. The van der Waals surface area contributed by atoms with Crippen molar-refractivity contribution < 1.29 is 14.3 Å². The molecule has 0 heterocycles. The van der Waals surface area contributed by atoms with Gasteiger partial charge in [0.1, 0.15) is 6.61 Å². The minimum Gasteiger partial charge on any atom is -0.493 e. The van der Waals surface area contributed by atoms with E-state index in [1.807, 2.05) is 66.7 Å². The Balaban J connectivity index is 1.60. The fraction of sp³-hybridized carbons (Fsp3) is 0.200. The minimum absolute atomic E-state index is 0.162. The van der Waals surface area contributed by atoms with Gasteiger partial charge in [0.25, 0.3) is 0 Å². The highest BCUT2D eigenvalue weighted by molar-refractivity contribution is 14.1. The quantitative estimate of drug-likeness (QED) is 0.238. The highest BCUT2D eigenvalue weighted by atomic mass is 127. The summed E-state index contributed by atoms with van der Waals surface area (Å²) in [4.78, 5) is 12.2. The van der Waals surface area contributed by atoms with Crippen LogP contribution >= 0.6 is 22.6 Å². The van der Waals surface area contributed by atoms with Crippen molar-refractivity contribution in [1.29, 1.82) is 0 Å². The molecule has 0 spiro atoms. The van der Waals surface area contributed by atoms with Gasteiger partial charge in [0.2, 0.25) is 5.91 Å². The third kappa shape index (κ3) is 6.82. The monoisotopic (exact) mass is 528 g/mol. The first kappa shape index (κ1) is 22.8. The number of amides is 1. The second-order valence-corrected chi connectivity index (χ2v) is 8.11. The zero-order valence-corrected chi connectivity index (χ0v) is 19.8. The SMILES string of the molecule is CCc1ccc(CC(=O)N/N=C/c2cc(I)c(OCc3ccccc3)c(OC)c2)cc1. The molecule has 0 saturated carbocycles. The van der Waals surface area contributed by atoms with Gasteiger partial charge in [-0.05, 0) is 63.4 Å². The van der Waals surface area contributed by atoms with Crippen LogP contribution in [-0.4, -0.2) is 19.2 Å². The van der Waals surface area contributed by atoms with Gasteiger partial charge in [-0.2, -0.15) is 5.10 Å². The highest BCUT2D eigenvalue weighted by Gasteiger charge is 2.11. The molecule has 5 nitrogen and oxygen atoms in total. The molecule has 0 atom stereocenters. The number of nitrogens with zero attached hydrogens (tertiary/aromatic N) is 1. The Kier molecular flexibility index (Phi) is 8.46. The fourth-order valence-corrected chi connectivity index (χ4v) is 3.76. The zero-order chi connectivity index (χ0) is 22.1. The van der Waals surface area contributed by atoms with Crippen LogP contribution in [0.2, 0.25) is 0 Å². The lowest BCUT2D eigenvalue weighted by Gasteiger charge is -2.13. The maximum atomic E-state index is 12.2. The largest absolute Gasteiger partial charge is 0.493 e. The van der Waals surface area contributed by atoms with Crippen molar-refractivity contribution in [3.05, 3.63) is 92.6 Å². The van der Waals surface area contributed by atoms with Crippen molar-refractivity contribution >= 4 is 34.7 Å². The lowest BCUT2D eigenvalue weighted by Crippen LogP contribution is -2.19. The zero-order valence-electron chi connectivity index (χ0n) is 17.6. The van der Waals surface area contributed by atoms with Crippen LogP contribution in [0.4, 0.5) is 0 Å². The lowest BCUT2D eigenvalue weighted by atomic mass is 10.1. The third-order valence-electron chi connectivity index (χ3n) is 4.68. The summed E-state index contributed by atoms with van der Waals surface area (Å²) in [5, 5.41) is 4.09. The Morgan fingerprint density at radius 1 is 1.03 bits per heavy atom. The Labute approximate surface area is 196 Å². The molecule has 0 bridgehead atoms. The van der Waals surface area contributed by atoms with Crippen molar-refractivity contribution in [3.63, 3.8) is 0 Å². The van der Waals surface area contributed by atoms with E-state index >= 15 is 0 Å². The number of aryl methyl sites for hydroxylation is 1. The van der Waals surface area contributed by atoms with Crippen LogP contribution < -0.4 is 14.9 Å². The van der Waals surface area contributed by atoms with Gasteiger partial charge in [-0.3, -0.25) is 4.79 Å². The summed E-state index contributed by atoms with van der Waals surface area (Å²) in [5.74, 6) is 1.14. The third-order valence-corrected chi connectivity index (χ3v) is 5.48. The molecule has 0 aromatic heterocycles. The second kappa shape index (κ2) is 11.5. The maximum Gasteiger partial charge on any atom is 0.244 e. The number of benzene rings is 3. The van der Waals surface area contributed by atoms with E-state index in [0.29, 0.717) is 18.1 Å². The summed E-state index contributed by atoms with van der Waals surface area (Å²) >= 11 is 2.21. The van der Waals surface area contributed by atoms with Gasteiger partial charge < -0.3 is 9.47 Å². The van der Waals surface area contributed by atoms with E-state index in [2.05, 4.69) is 40.0 Å². The Morgan fingerprint density at radius 3 is 2.42 bits per heavy atom. The molecular formula is C25H25IN2O3. The van der Waals surface area contributed by atoms with Crippen molar-refractivity contribution in [2.45, 2.75) is 26.4 Å². The molecule has 3 aromatic rings. The van der Waals surface area contributed by atoms with Crippen molar-refractivity contribution in [3.8, 4) is 11.5 Å². The predicted octanol–water partition coefficient (Wildman–Crippen LogP) is 5.13. The molecule has 160 valence electrons. The standard InChI is InChI=1S/C25H25IN2O3/c1-3-18-9-11-19(12-10-18)15-24(29)28-27-16-21-13-22(26)25(23(14-21)30-2)31-17-20-7-5-4-6-8-20/h4-14,16H,3,15,17H2,1-2H3,(H,28,29)/b27-16+. The first-order valence-electron chi connectivity index (χ1n) is 10.0. The summed E-state index contributed by atoms with van der Waals surface area (Å²) in [5.41, 5.74) is 6.68. The van der Waals surface area contributed by atoms with E-state index < -0.39 is 0 Å². The van der Waals surface area contributed by atoms with Gasteiger partial charge in [-0.25, -0.2) is 5.43 Å². The number of carbonyl (C=O) groups is 1. The molecule has 0 saturated heterocycles. The van der Waals surface area contributed by atoms with Crippen LogP contribution in [0.15, 0.2) is 71.8 Å². The summed E-state index contributed by atoms with van der Waals surface area (Å²) in [6.45, 7) is 2.56. The number of rotatable bonds is 9. The topological polar surface area (TPSA) is 59.9 Å². The van der Waals surface area contributed by atoms with E-state index in [0.717, 1.165) is 26.7 Å². The molecule has 3 aromatic carbocycles. The van der Waals surface area contributed by atoms with E-state index in [1.165, 1.54) is 5.56 Å². The van der Waals surface area contributed by atoms with Crippen LogP contribution in [-0.2, 0) is 24.2 Å². The fourth-order valence-electron chi connectivity index (χ4n) is 2.98. The molecule has 0 unspecified atom stereocenters. The van der Waals surface area contributed by atoms with Gasteiger partial charge in [0, 0.05) is 0 Å². The van der Waals surface area contributed by atoms with Gasteiger partial charge >= 0.3 is 0 Å². The molecule has 0 aliphatic rings. The molecule has 0 radical (unpaired) electrons. The highest BCUT2D eigenvalue weighted by Crippen LogP contribution is 2.34. The van der Waals surface area contributed by atoms with Crippen molar-refractivity contribution in [2.75, 3.05) is 7.11 Å². The number of methoxy groups -OCH3 is 1. The molecule has 0 aliphatic carbocycles. The maximum absolute atomic E-state index is 12.2. The van der Waals surface area contributed by atoms with Crippen LogP contribution in [0.5, 0.6) is 11.5 Å². The Hall–Kier alpha value is -2.87. The summed E-state index contributed by atoms with van der Waals surface area (Å²) in [6.07, 6.45) is 2.87. The number of hydrogen-bond donors (Lipinski definition) is 1. The smallest absolute Gasteiger partial charge is 0.244 e. The van der Waals surface area contributed by atoms with E-state index in [4.69, 9.17) is 9.47 Å². The Morgan fingerprint density at radius 2 is 1.74 bits per heavy atom. The first-order chi connectivity index (χ1) is 15.1. The van der Waals surface area contributed by atoms with Crippen LogP contribution in [0.1, 0.15) is 29.2 Å². The van der Waals surface area contributed by atoms with Crippen molar-refractivity contribution in [1.82, 2.24) is 5.43 Å². The second-order valence-electron chi connectivity index (χ2n) is 6.95. The van der Waals surface area contributed by atoms with Crippen LogP contribution in [0, 0.1) is 3.57 Å². The number of hydrazone groups is 1. The molecule has 6 heteroatoms. The number of nitrogens with one attached hydrogen (secondary N) is 1. The van der Waals surface area contributed by atoms with Gasteiger partial charge in [-0.15, -0.1) is 0 Å². The van der Waals surface area contributed by atoms with E-state index in [1.54, 1.807) is 13.3 Å². The molecule has 0 fully saturated rings.